The minimum Gasteiger partial charge on any atom is -0.403 e. The van der Waals surface area contributed by atoms with Gasteiger partial charge in [-0.1, -0.05) is 0 Å². The average molecular weight is 252 g/mol. The maximum absolute atomic E-state index is 11.9. The normalized spacial score (nSPS) is 10.9. The standard InChI is InChI=1S/C8H5ClF3N3O/c9-1-5-7(14)4(2-13)6(3-15-5)16-8(10,11)12/h3H,1,14H2. The van der Waals surface area contributed by atoms with Crippen molar-refractivity contribution >= 4 is 17.3 Å². The fourth-order valence-electron chi connectivity index (χ4n) is 0.972. The van der Waals surface area contributed by atoms with Crippen molar-refractivity contribution in [3.05, 3.63) is 17.5 Å². The third-order valence-corrected chi connectivity index (χ3v) is 1.88. The fourth-order valence-corrected chi connectivity index (χ4v) is 1.18. The summed E-state index contributed by atoms with van der Waals surface area (Å²) in [6.45, 7) is 0. The van der Waals surface area contributed by atoms with Crippen molar-refractivity contribution in [2.24, 2.45) is 0 Å². The summed E-state index contributed by atoms with van der Waals surface area (Å²) in [7, 11) is 0. The van der Waals surface area contributed by atoms with Gasteiger partial charge in [-0.05, 0) is 0 Å². The van der Waals surface area contributed by atoms with Crippen LogP contribution in [0, 0.1) is 11.3 Å². The van der Waals surface area contributed by atoms with Crippen molar-refractivity contribution in [2.75, 3.05) is 5.73 Å². The molecule has 1 heterocycles. The summed E-state index contributed by atoms with van der Waals surface area (Å²) in [5.74, 6) is -0.839. The number of hydrogen-bond donors (Lipinski definition) is 1. The number of nitrogens with two attached hydrogens (primary N) is 1. The molecule has 0 spiro atoms. The topological polar surface area (TPSA) is 71.9 Å². The minimum absolute atomic E-state index is 0.104. The average Bonchev–Trinajstić information content (AvgIpc) is 2.16. The summed E-state index contributed by atoms with van der Waals surface area (Å²) in [6.07, 6.45) is -4.14. The first kappa shape index (κ1) is 12.4. The van der Waals surface area contributed by atoms with Gasteiger partial charge in [0.05, 0.1) is 23.5 Å². The highest BCUT2D eigenvalue weighted by molar-refractivity contribution is 6.17. The Hall–Kier alpha value is -1.68. The summed E-state index contributed by atoms with van der Waals surface area (Å²) in [4.78, 5) is 3.56. The molecule has 16 heavy (non-hydrogen) atoms. The van der Waals surface area contributed by atoms with Crippen LogP contribution in [0.5, 0.6) is 5.75 Å². The lowest BCUT2D eigenvalue weighted by Gasteiger charge is -2.12. The monoisotopic (exact) mass is 251 g/mol. The number of anilines is 1. The van der Waals surface area contributed by atoms with Crippen molar-refractivity contribution < 1.29 is 17.9 Å². The molecule has 4 nitrogen and oxygen atoms in total. The highest BCUT2D eigenvalue weighted by atomic mass is 35.5. The third kappa shape index (κ3) is 2.67. The maximum Gasteiger partial charge on any atom is 0.573 e. The molecule has 0 fully saturated rings. The second-order valence-corrected chi connectivity index (χ2v) is 2.92. The van der Waals surface area contributed by atoms with Crippen molar-refractivity contribution in [3.63, 3.8) is 0 Å². The fraction of sp³-hybridized carbons (Fsp3) is 0.250. The Balaban J connectivity index is 3.23. The van der Waals surface area contributed by atoms with Crippen LogP contribution in [0.3, 0.4) is 0 Å². The quantitative estimate of drug-likeness (QED) is 0.818. The van der Waals surface area contributed by atoms with E-state index in [1.54, 1.807) is 0 Å². The number of alkyl halides is 4. The van der Waals surface area contributed by atoms with Crippen LogP contribution in [-0.2, 0) is 5.88 Å². The van der Waals surface area contributed by atoms with E-state index in [0.29, 0.717) is 0 Å². The molecule has 0 unspecified atom stereocenters. The molecule has 1 aromatic rings. The van der Waals surface area contributed by atoms with Crippen LogP contribution < -0.4 is 10.5 Å². The predicted octanol–water partition coefficient (Wildman–Crippen LogP) is 2.17. The molecule has 0 bridgehead atoms. The summed E-state index contributed by atoms with van der Waals surface area (Å²) in [6, 6.07) is 1.51. The second kappa shape index (κ2) is 4.45. The van der Waals surface area contributed by atoms with Crippen molar-refractivity contribution in [2.45, 2.75) is 12.2 Å². The van der Waals surface area contributed by atoms with Gasteiger partial charge in [-0.2, -0.15) is 5.26 Å². The number of nitrogen functional groups attached to an aromatic ring is 1. The Labute approximate surface area is 93.4 Å². The summed E-state index contributed by atoms with van der Waals surface area (Å²) >= 11 is 5.43. The van der Waals surface area contributed by atoms with E-state index in [4.69, 9.17) is 22.6 Å². The first-order valence-electron chi connectivity index (χ1n) is 3.88. The van der Waals surface area contributed by atoms with E-state index in [2.05, 4.69) is 9.72 Å². The first-order valence-corrected chi connectivity index (χ1v) is 4.41. The number of halogens is 4. The Kier molecular flexibility index (Phi) is 3.44. The van der Waals surface area contributed by atoms with E-state index < -0.39 is 17.7 Å². The Morgan fingerprint density at radius 3 is 2.62 bits per heavy atom. The van der Waals surface area contributed by atoms with Crippen LogP contribution in [0.4, 0.5) is 18.9 Å². The molecule has 0 atom stereocenters. The van der Waals surface area contributed by atoms with Gasteiger partial charge in [0.1, 0.15) is 11.6 Å². The van der Waals surface area contributed by atoms with E-state index >= 15 is 0 Å². The number of ether oxygens (including phenoxy) is 1. The van der Waals surface area contributed by atoms with Gasteiger partial charge in [-0.15, -0.1) is 24.8 Å². The lowest BCUT2D eigenvalue weighted by Crippen LogP contribution is -2.18. The van der Waals surface area contributed by atoms with Crippen molar-refractivity contribution in [3.8, 4) is 11.8 Å². The largest absolute Gasteiger partial charge is 0.573 e. The van der Waals surface area contributed by atoms with E-state index in [1.807, 2.05) is 0 Å². The molecule has 1 rings (SSSR count). The van der Waals surface area contributed by atoms with E-state index in [-0.39, 0.29) is 17.3 Å². The molecule has 1 aromatic heterocycles. The Bertz CT molecular complexity index is 441. The Morgan fingerprint density at radius 2 is 2.19 bits per heavy atom. The van der Waals surface area contributed by atoms with Crippen molar-refractivity contribution in [1.29, 1.82) is 5.26 Å². The molecule has 0 aliphatic rings. The first-order chi connectivity index (χ1) is 7.39. The number of hydrogen-bond acceptors (Lipinski definition) is 4. The number of pyridine rings is 1. The maximum atomic E-state index is 11.9. The predicted molar refractivity (Wildman–Crippen MR) is 49.6 cm³/mol. The molecule has 0 saturated heterocycles. The zero-order chi connectivity index (χ0) is 12.3. The molecule has 0 aromatic carbocycles. The van der Waals surface area contributed by atoms with E-state index in [1.165, 1.54) is 6.07 Å². The molecule has 0 saturated carbocycles. The molecule has 2 N–H and O–H groups in total. The van der Waals surface area contributed by atoms with Crippen LogP contribution in [0.2, 0.25) is 0 Å². The zero-order valence-corrected chi connectivity index (χ0v) is 8.43. The molecule has 0 aliphatic heterocycles. The van der Waals surface area contributed by atoms with Crippen LogP contribution in [0.1, 0.15) is 11.3 Å². The number of aromatic nitrogens is 1. The summed E-state index contributed by atoms with van der Waals surface area (Å²) in [5, 5.41) is 8.67. The molecular weight excluding hydrogens is 247 g/mol. The van der Waals surface area contributed by atoms with Gasteiger partial charge in [-0.25, -0.2) is 0 Å². The number of nitrogens with zero attached hydrogens (tertiary/aromatic N) is 2. The van der Waals surface area contributed by atoms with Crippen molar-refractivity contribution in [1.82, 2.24) is 4.98 Å². The van der Waals surface area contributed by atoms with Gasteiger partial charge in [0.15, 0.2) is 5.75 Å². The SMILES string of the molecule is N#Cc1c(OC(F)(F)F)cnc(CCl)c1N. The zero-order valence-electron chi connectivity index (χ0n) is 7.68. The van der Waals surface area contributed by atoms with Crippen LogP contribution in [-0.4, -0.2) is 11.3 Å². The smallest absolute Gasteiger partial charge is 0.403 e. The highest BCUT2D eigenvalue weighted by Gasteiger charge is 2.33. The van der Waals surface area contributed by atoms with Gasteiger partial charge >= 0.3 is 6.36 Å². The van der Waals surface area contributed by atoms with Gasteiger partial charge in [0.2, 0.25) is 0 Å². The van der Waals surface area contributed by atoms with Crippen LogP contribution in [0.25, 0.3) is 0 Å². The van der Waals surface area contributed by atoms with Crippen LogP contribution >= 0.6 is 11.6 Å². The molecule has 86 valence electrons. The highest BCUT2D eigenvalue weighted by Crippen LogP contribution is 2.30. The van der Waals surface area contributed by atoms with Gasteiger partial charge in [0.25, 0.3) is 0 Å². The second-order valence-electron chi connectivity index (χ2n) is 2.65. The summed E-state index contributed by atoms with van der Waals surface area (Å²) in [5.41, 5.74) is 4.90. The van der Waals surface area contributed by atoms with Gasteiger partial charge < -0.3 is 10.5 Å². The molecular formula is C8H5ClF3N3O. The van der Waals surface area contributed by atoms with Gasteiger partial charge in [-0.3, -0.25) is 4.98 Å². The molecule has 0 radical (unpaired) electrons. The summed E-state index contributed by atoms with van der Waals surface area (Å²) < 4.78 is 39.4. The number of rotatable bonds is 2. The van der Waals surface area contributed by atoms with E-state index in [9.17, 15) is 13.2 Å². The lowest BCUT2D eigenvalue weighted by molar-refractivity contribution is -0.274. The number of nitriles is 1. The van der Waals surface area contributed by atoms with Gasteiger partial charge in [0, 0.05) is 0 Å². The third-order valence-electron chi connectivity index (χ3n) is 1.63. The minimum atomic E-state index is -4.90. The molecule has 0 amide bonds. The lowest BCUT2D eigenvalue weighted by atomic mass is 10.2. The Morgan fingerprint density at radius 1 is 1.56 bits per heavy atom. The molecule has 8 heteroatoms. The van der Waals surface area contributed by atoms with Crippen LogP contribution in [0.15, 0.2) is 6.20 Å². The molecule has 0 aliphatic carbocycles. The van der Waals surface area contributed by atoms with E-state index in [0.717, 1.165) is 6.20 Å².